The maximum atomic E-state index is 12.4. The van der Waals surface area contributed by atoms with Crippen LogP contribution < -0.4 is 10.5 Å². The number of nitrogens with two attached hydrogens (primary N) is 1. The van der Waals surface area contributed by atoms with Crippen LogP contribution in [-0.4, -0.2) is 34.8 Å². The Kier molecular flexibility index (Phi) is 5.56. The molecule has 2 aromatic carbocycles. The molecule has 0 saturated heterocycles. The molecule has 2 heterocycles. The number of nitrogen functional groups attached to an aromatic ring is 1. The Hall–Kier alpha value is -3.89. The Labute approximate surface area is 183 Å². The monoisotopic (exact) mass is 432 g/mol. The van der Waals surface area contributed by atoms with Crippen LogP contribution in [0.3, 0.4) is 0 Å². The van der Waals surface area contributed by atoms with E-state index in [1.807, 2.05) is 6.07 Å². The standard InChI is InChI=1S/C23H17ClN4O3/c24-18-7-3-8-27-21(18)14-11-15(13-25)20(26)19(12-14)31-10-4-9-28-22(29)16-5-1-2-6-17(16)23(28)30/h1-3,5-8,11-12H,4,9-10,26H2. The van der Waals surface area contributed by atoms with E-state index >= 15 is 0 Å². The van der Waals surface area contributed by atoms with Crippen LogP contribution in [0.2, 0.25) is 5.02 Å². The molecule has 0 unspecified atom stereocenters. The van der Waals surface area contributed by atoms with Gasteiger partial charge in [-0.25, -0.2) is 0 Å². The van der Waals surface area contributed by atoms with Crippen LogP contribution in [0, 0.1) is 11.3 Å². The molecule has 0 aliphatic carbocycles. The Morgan fingerprint density at radius 1 is 1.10 bits per heavy atom. The maximum absolute atomic E-state index is 12.4. The van der Waals surface area contributed by atoms with Crippen LogP contribution in [0.25, 0.3) is 11.3 Å². The van der Waals surface area contributed by atoms with Crippen molar-refractivity contribution in [3.05, 3.63) is 76.4 Å². The van der Waals surface area contributed by atoms with Gasteiger partial charge in [0.05, 0.1) is 39.7 Å². The minimum Gasteiger partial charge on any atom is -0.491 e. The highest BCUT2D eigenvalue weighted by molar-refractivity contribution is 6.33. The number of hydrogen-bond acceptors (Lipinski definition) is 6. The number of nitrogens with zero attached hydrogens (tertiary/aromatic N) is 3. The third-order valence-electron chi connectivity index (χ3n) is 4.96. The zero-order chi connectivity index (χ0) is 22.0. The summed E-state index contributed by atoms with van der Waals surface area (Å²) in [6.45, 7) is 0.408. The Morgan fingerprint density at radius 2 is 1.81 bits per heavy atom. The van der Waals surface area contributed by atoms with Crippen molar-refractivity contribution in [2.24, 2.45) is 0 Å². The number of carbonyl (C=O) groups is 2. The van der Waals surface area contributed by atoms with Crippen LogP contribution in [0.4, 0.5) is 5.69 Å². The fraction of sp³-hybridized carbons (Fsp3) is 0.130. The van der Waals surface area contributed by atoms with Crippen molar-refractivity contribution in [1.82, 2.24) is 9.88 Å². The number of fused-ring (bicyclic) bond motifs is 1. The molecule has 0 bridgehead atoms. The third kappa shape index (κ3) is 3.81. The summed E-state index contributed by atoms with van der Waals surface area (Å²) < 4.78 is 5.79. The highest BCUT2D eigenvalue weighted by Crippen LogP contribution is 2.34. The van der Waals surface area contributed by atoms with Crippen LogP contribution in [0.1, 0.15) is 32.7 Å². The van der Waals surface area contributed by atoms with E-state index in [1.54, 1.807) is 54.7 Å². The third-order valence-corrected chi connectivity index (χ3v) is 5.26. The summed E-state index contributed by atoms with van der Waals surface area (Å²) in [4.78, 5) is 30.3. The molecule has 1 aliphatic rings. The molecular formula is C23H17ClN4O3. The molecule has 1 aromatic heterocycles. The van der Waals surface area contributed by atoms with Gasteiger partial charge < -0.3 is 10.5 Å². The van der Waals surface area contributed by atoms with Crippen LogP contribution >= 0.6 is 11.6 Å². The molecule has 8 heteroatoms. The van der Waals surface area contributed by atoms with E-state index in [9.17, 15) is 14.9 Å². The predicted molar refractivity (Wildman–Crippen MR) is 116 cm³/mol. The van der Waals surface area contributed by atoms with E-state index in [-0.39, 0.29) is 36.2 Å². The van der Waals surface area contributed by atoms with E-state index in [1.165, 1.54) is 4.90 Å². The average Bonchev–Trinajstić information content (AvgIpc) is 3.03. The lowest BCUT2D eigenvalue weighted by Gasteiger charge is -2.15. The van der Waals surface area contributed by atoms with Gasteiger partial charge in [-0.2, -0.15) is 5.26 Å². The van der Waals surface area contributed by atoms with Crippen molar-refractivity contribution in [2.75, 3.05) is 18.9 Å². The molecule has 31 heavy (non-hydrogen) atoms. The Balaban J connectivity index is 1.46. The average molecular weight is 433 g/mol. The number of carbonyl (C=O) groups excluding carboxylic acids is 2. The summed E-state index contributed by atoms with van der Waals surface area (Å²) >= 11 is 6.22. The van der Waals surface area contributed by atoms with E-state index in [0.717, 1.165) is 0 Å². The van der Waals surface area contributed by atoms with Gasteiger partial charge in [-0.1, -0.05) is 23.7 Å². The minimum atomic E-state index is -0.307. The minimum absolute atomic E-state index is 0.196. The van der Waals surface area contributed by atoms with Crippen LogP contribution in [0.5, 0.6) is 5.75 Å². The van der Waals surface area contributed by atoms with Crippen LogP contribution in [0.15, 0.2) is 54.7 Å². The summed E-state index contributed by atoms with van der Waals surface area (Å²) in [6.07, 6.45) is 2.01. The first kappa shape index (κ1) is 20.4. The van der Waals surface area contributed by atoms with Gasteiger partial charge in [-0.15, -0.1) is 0 Å². The second-order valence-electron chi connectivity index (χ2n) is 6.89. The van der Waals surface area contributed by atoms with Gasteiger partial charge in [0.2, 0.25) is 0 Å². The fourth-order valence-electron chi connectivity index (χ4n) is 3.42. The molecular weight excluding hydrogens is 416 g/mol. The number of imide groups is 1. The molecule has 0 spiro atoms. The first-order chi connectivity index (χ1) is 15.0. The summed E-state index contributed by atoms with van der Waals surface area (Å²) in [5.74, 6) is -0.296. The van der Waals surface area contributed by atoms with Crippen molar-refractivity contribution in [2.45, 2.75) is 6.42 Å². The molecule has 2 N–H and O–H groups in total. The Morgan fingerprint density at radius 3 is 2.45 bits per heavy atom. The molecule has 0 radical (unpaired) electrons. The Bertz CT molecular complexity index is 1200. The van der Waals surface area contributed by atoms with Crippen molar-refractivity contribution in [3.8, 4) is 23.1 Å². The number of ether oxygens (including phenoxy) is 1. The second-order valence-corrected chi connectivity index (χ2v) is 7.30. The first-order valence-electron chi connectivity index (χ1n) is 9.53. The topological polar surface area (TPSA) is 109 Å². The maximum Gasteiger partial charge on any atom is 0.261 e. The molecule has 0 fully saturated rings. The largest absolute Gasteiger partial charge is 0.491 e. The number of hydrogen-bond donors (Lipinski definition) is 1. The summed E-state index contributed by atoms with van der Waals surface area (Å²) in [5, 5.41) is 9.86. The van der Waals surface area contributed by atoms with Gasteiger partial charge in [0.25, 0.3) is 11.8 Å². The second kappa shape index (κ2) is 8.46. The number of halogens is 1. The molecule has 7 nitrogen and oxygen atoms in total. The molecule has 4 rings (SSSR count). The predicted octanol–water partition coefficient (Wildman–Crippen LogP) is 3.92. The van der Waals surface area contributed by atoms with Crippen molar-refractivity contribution >= 4 is 29.1 Å². The normalized spacial score (nSPS) is 12.6. The highest BCUT2D eigenvalue weighted by atomic mass is 35.5. The number of benzene rings is 2. The zero-order valence-corrected chi connectivity index (χ0v) is 17.1. The number of rotatable bonds is 6. The number of aromatic nitrogens is 1. The number of nitriles is 1. The van der Waals surface area contributed by atoms with Gasteiger partial charge in [0.1, 0.15) is 11.8 Å². The lowest BCUT2D eigenvalue weighted by atomic mass is 10.1. The van der Waals surface area contributed by atoms with Crippen molar-refractivity contribution < 1.29 is 14.3 Å². The summed E-state index contributed by atoms with van der Waals surface area (Å²) in [7, 11) is 0. The van der Waals surface area contributed by atoms with Gasteiger partial charge in [0.15, 0.2) is 0 Å². The van der Waals surface area contributed by atoms with E-state index < -0.39 is 0 Å². The van der Waals surface area contributed by atoms with E-state index in [0.29, 0.717) is 39.6 Å². The first-order valence-corrected chi connectivity index (χ1v) is 9.91. The summed E-state index contributed by atoms with van der Waals surface area (Å²) in [5.41, 5.74) is 8.46. The number of anilines is 1. The van der Waals surface area contributed by atoms with Crippen LogP contribution in [-0.2, 0) is 0 Å². The summed E-state index contributed by atoms with van der Waals surface area (Å²) in [6, 6.07) is 15.5. The van der Waals surface area contributed by atoms with Crippen molar-refractivity contribution in [3.63, 3.8) is 0 Å². The van der Waals surface area contributed by atoms with Gasteiger partial charge in [0, 0.05) is 18.3 Å². The van der Waals surface area contributed by atoms with E-state index in [4.69, 9.17) is 22.1 Å². The fourth-order valence-corrected chi connectivity index (χ4v) is 3.65. The van der Waals surface area contributed by atoms with Gasteiger partial charge >= 0.3 is 0 Å². The van der Waals surface area contributed by atoms with Gasteiger partial charge in [-0.05, 0) is 42.8 Å². The highest BCUT2D eigenvalue weighted by Gasteiger charge is 2.34. The zero-order valence-electron chi connectivity index (χ0n) is 16.3. The molecule has 0 saturated carbocycles. The number of pyridine rings is 1. The molecule has 3 aromatic rings. The number of amides is 2. The molecule has 2 amide bonds. The molecule has 154 valence electrons. The lowest BCUT2D eigenvalue weighted by molar-refractivity contribution is 0.0647. The van der Waals surface area contributed by atoms with Crippen molar-refractivity contribution in [1.29, 1.82) is 5.26 Å². The van der Waals surface area contributed by atoms with Gasteiger partial charge in [-0.3, -0.25) is 19.5 Å². The smallest absolute Gasteiger partial charge is 0.261 e. The molecule has 1 aliphatic heterocycles. The quantitative estimate of drug-likeness (QED) is 0.359. The van der Waals surface area contributed by atoms with E-state index in [2.05, 4.69) is 4.98 Å². The molecule has 0 atom stereocenters. The SMILES string of the molecule is N#Cc1cc(-c2ncccc2Cl)cc(OCCCN2C(=O)c3ccccc3C2=O)c1N. The lowest BCUT2D eigenvalue weighted by Crippen LogP contribution is -2.31.